The van der Waals surface area contributed by atoms with Crippen LogP contribution in [0.1, 0.15) is 60.0 Å². The van der Waals surface area contributed by atoms with E-state index in [0.717, 1.165) is 67.0 Å². The number of methoxy groups -OCH3 is 1. The number of carbonyl (C=O) groups is 1. The van der Waals surface area contributed by atoms with Gasteiger partial charge in [0, 0.05) is 52.4 Å². The van der Waals surface area contributed by atoms with Gasteiger partial charge in [-0.05, 0) is 87.8 Å². The Morgan fingerprint density at radius 1 is 0.927 bits per heavy atom. The Labute approximate surface area is 245 Å². The molecule has 0 unspecified atom stereocenters. The summed E-state index contributed by atoms with van der Waals surface area (Å²) in [6.07, 6.45) is 8.86. The summed E-state index contributed by atoms with van der Waals surface area (Å²) in [6, 6.07) is 11.2. The van der Waals surface area contributed by atoms with Crippen molar-refractivity contribution in [2.75, 3.05) is 38.6 Å². The molecule has 41 heavy (non-hydrogen) atoms. The highest BCUT2D eigenvalue weighted by atomic mass is 35.5. The van der Waals surface area contributed by atoms with E-state index in [1.165, 1.54) is 51.8 Å². The van der Waals surface area contributed by atoms with E-state index >= 15 is 0 Å². The van der Waals surface area contributed by atoms with Gasteiger partial charge in [0.15, 0.2) is 0 Å². The maximum Gasteiger partial charge on any atom is 0.339 e. The molecule has 0 aliphatic carbocycles. The third-order valence-corrected chi connectivity index (χ3v) is 8.49. The van der Waals surface area contributed by atoms with Crippen LogP contribution in [0.25, 0.3) is 21.8 Å². The highest BCUT2D eigenvalue weighted by molar-refractivity contribution is 6.31. The molecule has 4 aromatic rings. The number of benzene rings is 2. The summed E-state index contributed by atoms with van der Waals surface area (Å²) in [7, 11) is 1.35. The lowest BCUT2D eigenvalue weighted by molar-refractivity contribution is 0.0600. The first kappa shape index (κ1) is 27.7. The van der Waals surface area contributed by atoms with Crippen LogP contribution >= 0.6 is 11.6 Å². The standard InChI is InChI=1S/C32H36ClN5O3/c1-41-32(40)21-15-26-30(34-18-21)25-16-24(33)8-9-27(25)35-31(26)36-28-17-29(39)23(20-38-12-6-3-7-13-38)14-22(28)19-37-10-4-2-5-11-37/h8-9,14-18,39H,2-7,10-13,19-20H2,1H3,(H,35,36). The molecule has 2 N–H and O–H groups in total. The van der Waals surface area contributed by atoms with E-state index < -0.39 is 5.97 Å². The minimum atomic E-state index is -0.470. The van der Waals surface area contributed by atoms with Crippen molar-refractivity contribution in [1.29, 1.82) is 0 Å². The zero-order valence-corrected chi connectivity index (χ0v) is 24.2. The minimum absolute atomic E-state index is 0.269. The number of pyridine rings is 2. The average molecular weight is 574 g/mol. The number of fused-ring (bicyclic) bond motifs is 3. The predicted molar refractivity (Wildman–Crippen MR) is 163 cm³/mol. The molecular formula is C32H36ClN5O3. The quantitative estimate of drug-likeness (QED) is 0.188. The second-order valence-corrected chi connectivity index (χ2v) is 11.6. The Morgan fingerprint density at radius 2 is 1.61 bits per heavy atom. The van der Waals surface area contributed by atoms with E-state index in [1.54, 1.807) is 12.1 Å². The molecular weight excluding hydrogens is 538 g/mol. The third-order valence-electron chi connectivity index (χ3n) is 8.25. The summed E-state index contributed by atoms with van der Waals surface area (Å²) >= 11 is 6.33. The molecule has 0 amide bonds. The number of piperidine rings is 2. The Bertz CT molecular complexity index is 1580. The van der Waals surface area contributed by atoms with Gasteiger partial charge in [-0.15, -0.1) is 0 Å². The number of ether oxygens (including phenoxy) is 1. The van der Waals surface area contributed by atoms with Crippen LogP contribution < -0.4 is 5.32 Å². The summed E-state index contributed by atoms with van der Waals surface area (Å²) in [5, 5.41) is 16.8. The molecule has 0 atom stereocenters. The summed E-state index contributed by atoms with van der Waals surface area (Å²) in [5.74, 6) is 0.351. The van der Waals surface area contributed by atoms with Crippen molar-refractivity contribution in [3.8, 4) is 5.75 Å². The lowest BCUT2D eigenvalue weighted by Gasteiger charge is -2.29. The van der Waals surface area contributed by atoms with Gasteiger partial charge in [-0.25, -0.2) is 9.78 Å². The number of aromatic nitrogens is 2. The van der Waals surface area contributed by atoms with E-state index in [4.69, 9.17) is 21.3 Å². The number of esters is 1. The van der Waals surface area contributed by atoms with E-state index in [9.17, 15) is 9.90 Å². The van der Waals surface area contributed by atoms with Crippen LogP contribution in [0.2, 0.25) is 5.02 Å². The van der Waals surface area contributed by atoms with Crippen LogP contribution in [0.4, 0.5) is 11.5 Å². The van der Waals surface area contributed by atoms with Crippen molar-refractivity contribution in [1.82, 2.24) is 19.8 Å². The number of phenols is 1. The average Bonchev–Trinajstić information content (AvgIpc) is 3.00. The third kappa shape index (κ3) is 6.10. The minimum Gasteiger partial charge on any atom is -0.508 e. The van der Waals surface area contributed by atoms with Crippen molar-refractivity contribution in [3.05, 3.63) is 64.3 Å². The number of likely N-dealkylation sites (tertiary alicyclic amines) is 2. The Balaban J connectivity index is 1.44. The van der Waals surface area contributed by atoms with E-state index in [-0.39, 0.29) is 5.75 Å². The highest BCUT2D eigenvalue weighted by Gasteiger charge is 2.20. The summed E-state index contributed by atoms with van der Waals surface area (Å²) in [5.41, 5.74) is 4.59. The summed E-state index contributed by atoms with van der Waals surface area (Å²) in [4.78, 5) is 26.9. The molecule has 4 heterocycles. The van der Waals surface area contributed by atoms with Gasteiger partial charge in [0.25, 0.3) is 0 Å². The Morgan fingerprint density at radius 3 is 2.29 bits per heavy atom. The Hall–Kier alpha value is -3.46. The molecule has 2 aliphatic rings. The van der Waals surface area contributed by atoms with Gasteiger partial charge in [0.1, 0.15) is 11.6 Å². The first-order valence-corrected chi connectivity index (χ1v) is 14.9. The van der Waals surface area contributed by atoms with E-state index in [1.807, 2.05) is 18.2 Å². The molecule has 2 aromatic heterocycles. The number of rotatable bonds is 7. The zero-order valence-electron chi connectivity index (χ0n) is 23.5. The molecule has 2 fully saturated rings. The van der Waals surface area contributed by atoms with E-state index in [0.29, 0.717) is 27.3 Å². The van der Waals surface area contributed by atoms with Crippen molar-refractivity contribution in [2.24, 2.45) is 0 Å². The van der Waals surface area contributed by atoms with Gasteiger partial charge >= 0.3 is 5.97 Å². The van der Waals surface area contributed by atoms with Crippen molar-refractivity contribution in [3.63, 3.8) is 0 Å². The molecule has 2 saturated heterocycles. The number of nitrogens with zero attached hydrogens (tertiary/aromatic N) is 4. The molecule has 0 spiro atoms. The van der Waals surface area contributed by atoms with Crippen molar-refractivity contribution < 1.29 is 14.6 Å². The first-order chi connectivity index (χ1) is 20.0. The predicted octanol–water partition coefficient (Wildman–Crippen LogP) is 6.64. The fourth-order valence-corrected chi connectivity index (χ4v) is 6.24. The number of carbonyl (C=O) groups excluding carboxylic acids is 1. The molecule has 0 bridgehead atoms. The molecule has 214 valence electrons. The number of nitrogens with one attached hydrogen (secondary N) is 1. The fraction of sp³-hybridized carbons (Fsp3) is 0.406. The Kier molecular flexibility index (Phi) is 8.23. The molecule has 6 rings (SSSR count). The smallest absolute Gasteiger partial charge is 0.339 e. The maximum absolute atomic E-state index is 12.4. The number of hydrogen-bond acceptors (Lipinski definition) is 8. The van der Waals surface area contributed by atoms with Crippen LogP contribution in [0.5, 0.6) is 5.75 Å². The zero-order chi connectivity index (χ0) is 28.3. The molecule has 2 aliphatic heterocycles. The van der Waals surface area contributed by atoms with Gasteiger partial charge in [0.05, 0.1) is 23.7 Å². The van der Waals surface area contributed by atoms with Gasteiger partial charge < -0.3 is 15.2 Å². The topological polar surface area (TPSA) is 90.8 Å². The molecule has 2 aromatic carbocycles. The summed E-state index contributed by atoms with van der Waals surface area (Å²) < 4.78 is 4.96. The molecule has 8 nitrogen and oxygen atoms in total. The SMILES string of the molecule is COC(=O)c1cnc2c(c1)c(Nc1cc(O)c(CN3CCCCC3)cc1CN1CCCCC1)nc1ccc(Cl)cc12. The van der Waals surface area contributed by atoms with Gasteiger partial charge in [-0.1, -0.05) is 24.4 Å². The highest BCUT2D eigenvalue weighted by Crippen LogP contribution is 2.36. The second kappa shape index (κ2) is 12.2. The number of halogens is 1. The lowest BCUT2D eigenvalue weighted by atomic mass is 10.0. The molecule has 9 heteroatoms. The van der Waals surface area contributed by atoms with Crippen LogP contribution in [-0.4, -0.2) is 64.1 Å². The van der Waals surface area contributed by atoms with E-state index in [2.05, 4.69) is 26.2 Å². The normalized spacial score (nSPS) is 16.7. The van der Waals surface area contributed by atoms with Crippen LogP contribution in [0.15, 0.2) is 42.6 Å². The first-order valence-electron chi connectivity index (χ1n) is 14.5. The number of hydrogen-bond donors (Lipinski definition) is 2. The van der Waals surface area contributed by atoms with Gasteiger partial charge in [-0.3, -0.25) is 14.8 Å². The van der Waals surface area contributed by atoms with Crippen LogP contribution in [-0.2, 0) is 17.8 Å². The maximum atomic E-state index is 12.4. The van der Waals surface area contributed by atoms with Crippen molar-refractivity contribution >= 4 is 50.9 Å². The number of aromatic hydroxyl groups is 1. The number of anilines is 2. The monoisotopic (exact) mass is 573 g/mol. The molecule has 0 saturated carbocycles. The van der Waals surface area contributed by atoms with Gasteiger partial charge in [0.2, 0.25) is 0 Å². The van der Waals surface area contributed by atoms with Crippen LogP contribution in [0.3, 0.4) is 0 Å². The second-order valence-electron chi connectivity index (χ2n) is 11.2. The molecule has 0 radical (unpaired) electrons. The fourth-order valence-electron chi connectivity index (χ4n) is 6.06. The van der Waals surface area contributed by atoms with Gasteiger partial charge in [-0.2, -0.15) is 0 Å². The lowest BCUT2D eigenvalue weighted by Crippen LogP contribution is -2.30. The largest absolute Gasteiger partial charge is 0.508 e. The van der Waals surface area contributed by atoms with Crippen molar-refractivity contribution in [2.45, 2.75) is 51.6 Å². The number of phenolic OH excluding ortho intramolecular Hbond substituents is 1. The van der Waals surface area contributed by atoms with Crippen LogP contribution in [0, 0.1) is 0 Å². The summed E-state index contributed by atoms with van der Waals surface area (Å²) in [6.45, 7) is 5.77.